The number of carbonyl (C=O) groups excluding carboxylic acids is 2. The number of sulfone groups is 1. The molecule has 32 heavy (non-hydrogen) atoms. The number of fused-ring (bicyclic) bond motifs is 1. The van der Waals surface area contributed by atoms with Gasteiger partial charge in [-0.15, -0.1) is 0 Å². The molecule has 1 aromatic carbocycles. The Bertz CT molecular complexity index is 1170. The van der Waals surface area contributed by atoms with Gasteiger partial charge in [-0.05, 0) is 25.8 Å². The van der Waals surface area contributed by atoms with Crippen molar-refractivity contribution in [1.82, 2.24) is 14.7 Å². The zero-order chi connectivity index (χ0) is 23.5. The number of carbonyl (C=O) groups is 2. The number of amides is 1. The second kappa shape index (κ2) is 9.81. The lowest BCUT2D eigenvalue weighted by atomic mass is 10.1. The lowest BCUT2D eigenvalue weighted by Crippen LogP contribution is -2.44. The highest BCUT2D eigenvalue weighted by Crippen LogP contribution is 2.19. The lowest BCUT2D eigenvalue weighted by molar-refractivity contribution is -0.140. The number of ether oxygens (including phenoxy) is 1. The number of aromatic nitrogens is 2. The molecule has 1 amide bonds. The molecule has 0 unspecified atom stereocenters. The van der Waals surface area contributed by atoms with Crippen LogP contribution in [-0.2, 0) is 25.9 Å². The molecule has 2 atom stereocenters. The van der Waals surface area contributed by atoms with Crippen molar-refractivity contribution >= 4 is 32.5 Å². The van der Waals surface area contributed by atoms with Gasteiger partial charge >= 0.3 is 5.97 Å². The van der Waals surface area contributed by atoms with Gasteiger partial charge in [0.2, 0.25) is 0 Å². The quantitative estimate of drug-likeness (QED) is 0.433. The standard InChI is InChI=1S/C22H29N3O6S/c1-4-5-8-12-25-21(27)18-10-7-6-9-17(18)19(23-25)22(28)31-15(2)20(26)24(3)16-11-13-32(29,30)14-16/h6-7,9-10,15-16H,4-5,8,11-14H2,1-3H3/t15-,16-/m0/s1. The molecular weight excluding hydrogens is 434 g/mol. The maximum absolute atomic E-state index is 12.9. The molecule has 3 rings (SSSR count). The fraction of sp³-hybridized carbons (Fsp3) is 0.545. The van der Waals surface area contributed by atoms with Crippen LogP contribution in [0.3, 0.4) is 0 Å². The number of nitrogens with zero attached hydrogens (tertiary/aromatic N) is 3. The number of hydrogen-bond acceptors (Lipinski definition) is 7. The highest BCUT2D eigenvalue weighted by atomic mass is 32.2. The van der Waals surface area contributed by atoms with E-state index in [1.165, 1.54) is 23.6 Å². The Morgan fingerprint density at radius 2 is 1.94 bits per heavy atom. The summed E-state index contributed by atoms with van der Waals surface area (Å²) >= 11 is 0. The molecular formula is C22H29N3O6S. The molecule has 0 saturated carbocycles. The largest absolute Gasteiger partial charge is 0.448 e. The van der Waals surface area contributed by atoms with E-state index >= 15 is 0 Å². The Balaban J connectivity index is 1.82. The molecule has 0 bridgehead atoms. The van der Waals surface area contributed by atoms with E-state index in [1.807, 2.05) is 0 Å². The van der Waals surface area contributed by atoms with Crippen LogP contribution < -0.4 is 5.56 Å². The summed E-state index contributed by atoms with van der Waals surface area (Å²) < 4.78 is 30.1. The summed E-state index contributed by atoms with van der Waals surface area (Å²) in [6.07, 6.45) is 1.89. The molecule has 174 valence electrons. The molecule has 2 aromatic rings. The van der Waals surface area contributed by atoms with Gasteiger partial charge < -0.3 is 9.64 Å². The van der Waals surface area contributed by atoms with Gasteiger partial charge in [-0.3, -0.25) is 9.59 Å². The predicted octanol–water partition coefficient (Wildman–Crippen LogP) is 1.78. The van der Waals surface area contributed by atoms with E-state index in [4.69, 9.17) is 4.74 Å². The van der Waals surface area contributed by atoms with E-state index in [2.05, 4.69) is 12.0 Å². The van der Waals surface area contributed by atoms with Crippen LogP contribution in [0.2, 0.25) is 0 Å². The maximum atomic E-state index is 12.9. The van der Waals surface area contributed by atoms with Gasteiger partial charge in [-0.2, -0.15) is 5.10 Å². The van der Waals surface area contributed by atoms with E-state index in [0.29, 0.717) is 23.7 Å². The number of esters is 1. The average molecular weight is 464 g/mol. The zero-order valence-electron chi connectivity index (χ0n) is 18.6. The predicted molar refractivity (Wildman–Crippen MR) is 120 cm³/mol. The smallest absolute Gasteiger partial charge is 0.360 e. The molecule has 0 radical (unpaired) electrons. The van der Waals surface area contributed by atoms with Crippen molar-refractivity contribution in [2.75, 3.05) is 18.6 Å². The van der Waals surface area contributed by atoms with Crippen LogP contribution in [0.4, 0.5) is 0 Å². The molecule has 0 N–H and O–H groups in total. The summed E-state index contributed by atoms with van der Waals surface area (Å²) in [6.45, 7) is 3.88. The zero-order valence-corrected chi connectivity index (χ0v) is 19.4. The van der Waals surface area contributed by atoms with Crippen molar-refractivity contribution in [2.24, 2.45) is 0 Å². The molecule has 1 saturated heterocycles. The van der Waals surface area contributed by atoms with Gasteiger partial charge in [0.25, 0.3) is 11.5 Å². The fourth-order valence-electron chi connectivity index (χ4n) is 3.86. The first-order valence-corrected chi connectivity index (χ1v) is 12.6. The number of hydrogen-bond donors (Lipinski definition) is 0. The van der Waals surface area contributed by atoms with Crippen molar-refractivity contribution in [3.8, 4) is 0 Å². The molecule has 1 aliphatic heterocycles. The summed E-state index contributed by atoms with van der Waals surface area (Å²) in [5, 5.41) is 4.98. The number of unbranched alkanes of at least 4 members (excludes halogenated alkanes) is 2. The highest BCUT2D eigenvalue weighted by Gasteiger charge is 2.35. The summed E-state index contributed by atoms with van der Waals surface area (Å²) in [6, 6.07) is 6.23. The van der Waals surface area contributed by atoms with Gasteiger partial charge in [0.15, 0.2) is 21.6 Å². The number of aryl methyl sites for hydroxylation is 1. The fourth-order valence-corrected chi connectivity index (χ4v) is 5.64. The van der Waals surface area contributed by atoms with E-state index in [0.717, 1.165) is 19.3 Å². The molecule has 9 nitrogen and oxygen atoms in total. The number of likely N-dealkylation sites (N-methyl/N-ethyl adjacent to an activating group) is 1. The van der Waals surface area contributed by atoms with Gasteiger partial charge in [-0.25, -0.2) is 17.9 Å². The molecule has 10 heteroatoms. The second-order valence-corrected chi connectivity index (χ2v) is 10.4. The minimum Gasteiger partial charge on any atom is -0.448 e. The monoisotopic (exact) mass is 463 g/mol. The van der Waals surface area contributed by atoms with Gasteiger partial charge in [0.1, 0.15) is 0 Å². The highest BCUT2D eigenvalue weighted by molar-refractivity contribution is 7.91. The number of benzene rings is 1. The summed E-state index contributed by atoms with van der Waals surface area (Å²) in [7, 11) is -1.64. The molecule has 1 aliphatic rings. The third-order valence-corrected chi connectivity index (χ3v) is 7.52. The van der Waals surface area contributed by atoms with Crippen molar-refractivity contribution in [3.63, 3.8) is 0 Å². The minimum absolute atomic E-state index is 0.0255. The van der Waals surface area contributed by atoms with Crippen LogP contribution in [0.1, 0.15) is 50.0 Å². The lowest BCUT2D eigenvalue weighted by Gasteiger charge is -2.26. The molecule has 1 fully saturated rings. The van der Waals surface area contributed by atoms with Gasteiger partial charge in [0, 0.05) is 25.0 Å². The van der Waals surface area contributed by atoms with Crippen molar-refractivity contribution in [2.45, 2.75) is 58.2 Å². The maximum Gasteiger partial charge on any atom is 0.360 e. The van der Waals surface area contributed by atoms with Crippen molar-refractivity contribution in [1.29, 1.82) is 0 Å². The van der Waals surface area contributed by atoms with Crippen LogP contribution in [0.5, 0.6) is 0 Å². The van der Waals surface area contributed by atoms with Crippen LogP contribution in [0, 0.1) is 0 Å². The first-order chi connectivity index (χ1) is 15.1. The van der Waals surface area contributed by atoms with E-state index in [9.17, 15) is 22.8 Å². The van der Waals surface area contributed by atoms with Crippen LogP contribution in [0.15, 0.2) is 29.1 Å². The second-order valence-electron chi connectivity index (χ2n) is 8.18. The van der Waals surface area contributed by atoms with Gasteiger partial charge in [0.05, 0.1) is 16.9 Å². The van der Waals surface area contributed by atoms with Crippen molar-refractivity contribution in [3.05, 3.63) is 40.3 Å². The first kappa shape index (κ1) is 23.9. The molecule has 1 aromatic heterocycles. The first-order valence-electron chi connectivity index (χ1n) is 10.8. The Morgan fingerprint density at radius 1 is 1.25 bits per heavy atom. The van der Waals surface area contributed by atoms with Crippen LogP contribution in [-0.4, -0.2) is 65.7 Å². The van der Waals surface area contributed by atoms with Crippen molar-refractivity contribution < 1.29 is 22.7 Å². The summed E-state index contributed by atoms with van der Waals surface area (Å²) in [4.78, 5) is 39.8. The molecule has 2 heterocycles. The van der Waals surface area contributed by atoms with E-state index in [-0.39, 0.29) is 22.8 Å². The van der Waals surface area contributed by atoms with E-state index in [1.54, 1.807) is 24.3 Å². The minimum atomic E-state index is -3.15. The Morgan fingerprint density at radius 3 is 2.56 bits per heavy atom. The Kier molecular flexibility index (Phi) is 7.33. The van der Waals surface area contributed by atoms with E-state index < -0.39 is 33.9 Å². The van der Waals surface area contributed by atoms with Crippen LogP contribution in [0.25, 0.3) is 10.8 Å². The summed E-state index contributed by atoms with van der Waals surface area (Å²) in [5.74, 6) is -1.34. The Labute approximate surface area is 187 Å². The third-order valence-electron chi connectivity index (χ3n) is 5.77. The molecule has 0 spiro atoms. The number of rotatable bonds is 8. The third kappa shape index (κ3) is 5.17. The summed E-state index contributed by atoms with van der Waals surface area (Å²) in [5.41, 5.74) is -0.304. The molecule has 0 aliphatic carbocycles. The van der Waals surface area contributed by atoms with Gasteiger partial charge in [-0.1, -0.05) is 38.0 Å². The van der Waals surface area contributed by atoms with Crippen LogP contribution >= 0.6 is 0 Å². The topological polar surface area (TPSA) is 116 Å². The Hall–Kier alpha value is -2.75. The normalized spacial score (nSPS) is 18.4. The SMILES string of the molecule is CCCCCn1nc(C(=O)O[C@@H](C)C(=O)N(C)[C@H]2CCS(=O)(=O)C2)c2ccccc2c1=O. The average Bonchev–Trinajstić information content (AvgIpc) is 3.14.